The molecular weight excluding hydrogens is 237 g/mol. The molecule has 1 N–H and O–H groups in total. The van der Waals surface area contributed by atoms with Gasteiger partial charge in [-0.15, -0.1) is 0 Å². The molecule has 2 rings (SSSR count). The monoisotopic (exact) mass is 248 g/mol. The van der Waals surface area contributed by atoms with Gasteiger partial charge in [0.05, 0.1) is 5.56 Å². The molecule has 7 heteroatoms. The first-order valence-electron chi connectivity index (χ1n) is 5.14. The molecule has 0 bridgehead atoms. The van der Waals surface area contributed by atoms with Crippen LogP contribution in [0.3, 0.4) is 0 Å². The Balaban J connectivity index is 2.11. The summed E-state index contributed by atoms with van der Waals surface area (Å²) >= 11 is 0. The second-order valence-electron chi connectivity index (χ2n) is 3.74. The van der Waals surface area contributed by atoms with Crippen LogP contribution in [0.5, 0.6) is 0 Å². The molecule has 1 amide bonds. The Labute approximate surface area is 95.4 Å². The third-order valence-corrected chi connectivity index (χ3v) is 2.53. The highest BCUT2D eigenvalue weighted by Crippen LogP contribution is 2.30. The lowest BCUT2D eigenvalue weighted by atomic mass is 10.2. The van der Waals surface area contributed by atoms with Gasteiger partial charge in [-0.3, -0.25) is 4.79 Å². The van der Waals surface area contributed by atoms with Gasteiger partial charge in [-0.2, -0.15) is 13.2 Å². The number of carbonyl (C=O) groups excluding carboxylic acids is 1. The van der Waals surface area contributed by atoms with E-state index in [9.17, 15) is 18.0 Å². The highest BCUT2D eigenvalue weighted by molar-refractivity contribution is 5.94. The van der Waals surface area contributed by atoms with Gasteiger partial charge in [-0.05, 0) is 0 Å². The Kier molecular flexibility index (Phi) is 3.10. The van der Waals surface area contributed by atoms with Gasteiger partial charge < -0.3 is 14.6 Å². The number of halogens is 3. The van der Waals surface area contributed by atoms with Crippen molar-refractivity contribution in [2.75, 3.05) is 26.2 Å². The van der Waals surface area contributed by atoms with Crippen molar-refractivity contribution >= 4 is 5.91 Å². The number of alkyl halides is 3. The van der Waals surface area contributed by atoms with Crippen LogP contribution < -0.4 is 5.32 Å². The molecule has 1 saturated heterocycles. The van der Waals surface area contributed by atoms with E-state index in [1.807, 2.05) is 0 Å². The van der Waals surface area contributed by atoms with Crippen LogP contribution in [-0.2, 0) is 6.18 Å². The van der Waals surface area contributed by atoms with Crippen molar-refractivity contribution < 1.29 is 22.4 Å². The van der Waals surface area contributed by atoms with E-state index in [0.717, 1.165) is 12.3 Å². The van der Waals surface area contributed by atoms with Gasteiger partial charge in [0.2, 0.25) is 5.76 Å². The predicted octanol–water partition coefficient (Wildman–Crippen LogP) is 1.34. The molecule has 0 atom stereocenters. The maximum absolute atomic E-state index is 12.3. The van der Waals surface area contributed by atoms with E-state index < -0.39 is 17.8 Å². The third kappa shape index (κ3) is 2.60. The normalized spacial score (nSPS) is 17.2. The predicted molar refractivity (Wildman–Crippen MR) is 52.5 cm³/mol. The van der Waals surface area contributed by atoms with E-state index in [2.05, 4.69) is 9.73 Å². The average Bonchev–Trinajstić information content (AvgIpc) is 2.78. The van der Waals surface area contributed by atoms with Crippen LogP contribution in [0.15, 0.2) is 16.7 Å². The first-order valence-corrected chi connectivity index (χ1v) is 5.14. The molecule has 1 fully saturated rings. The van der Waals surface area contributed by atoms with Crippen LogP contribution in [0.25, 0.3) is 0 Å². The standard InChI is InChI=1S/C10H11F3N2O2/c11-10(12,13)8-5-7(6-17-8)9(16)15-3-1-14-2-4-15/h5-6,14H,1-4H2. The number of hydrogen-bond donors (Lipinski definition) is 1. The number of carbonyl (C=O) groups is 1. The maximum Gasteiger partial charge on any atom is 0.449 e. The van der Waals surface area contributed by atoms with Gasteiger partial charge in [-0.25, -0.2) is 0 Å². The fraction of sp³-hybridized carbons (Fsp3) is 0.500. The lowest BCUT2D eigenvalue weighted by Gasteiger charge is -2.26. The molecule has 0 aromatic carbocycles. The fourth-order valence-electron chi connectivity index (χ4n) is 1.65. The fourth-order valence-corrected chi connectivity index (χ4v) is 1.65. The molecule has 1 aliphatic rings. The smallest absolute Gasteiger partial charge is 0.449 e. The van der Waals surface area contributed by atoms with Crippen molar-refractivity contribution in [1.82, 2.24) is 10.2 Å². The zero-order valence-electron chi connectivity index (χ0n) is 8.88. The highest BCUT2D eigenvalue weighted by Gasteiger charge is 2.36. The van der Waals surface area contributed by atoms with Gasteiger partial charge in [0.1, 0.15) is 6.26 Å². The minimum atomic E-state index is -4.55. The van der Waals surface area contributed by atoms with Crippen molar-refractivity contribution in [2.45, 2.75) is 6.18 Å². The number of piperazine rings is 1. The molecular formula is C10H11F3N2O2. The number of furan rings is 1. The second-order valence-corrected chi connectivity index (χ2v) is 3.74. The molecule has 1 aromatic rings. The summed E-state index contributed by atoms with van der Waals surface area (Å²) in [6.45, 7) is 2.28. The summed E-state index contributed by atoms with van der Waals surface area (Å²) in [6, 6.07) is 0.740. The minimum Gasteiger partial charge on any atom is -0.459 e. The second kappa shape index (κ2) is 4.40. The average molecular weight is 248 g/mol. The molecule has 94 valence electrons. The van der Waals surface area contributed by atoms with Crippen molar-refractivity contribution in [1.29, 1.82) is 0 Å². The Morgan fingerprint density at radius 2 is 2.00 bits per heavy atom. The Bertz CT molecular complexity index is 408. The molecule has 0 radical (unpaired) electrons. The molecule has 2 heterocycles. The zero-order valence-corrected chi connectivity index (χ0v) is 8.88. The number of hydrogen-bond acceptors (Lipinski definition) is 3. The number of amides is 1. The Morgan fingerprint density at radius 1 is 1.35 bits per heavy atom. The Morgan fingerprint density at radius 3 is 2.53 bits per heavy atom. The topological polar surface area (TPSA) is 45.5 Å². The summed E-state index contributed by atoms with van der Waals surface area (Å²) in [4.78, 5) is 13.3. The van der Waals surface area contributed by atoms with E-state index in [-0.39, 0.29) is 5.56 Å². The van der Waals surface area contributed by atoms with Crippen LogP contribution in [0.2, 0.25) is 0 Å². The summed E-state index contributed by atoms with van der Waals surface area (Å²) < 4.78 is 41.2. The molecule has 0 spiro atoms. The van der Waals surface area contributed by atoms with E-state index in [4.69, 9.17) is 0 Å². The number of nitrogens with one attached hydrogen (secondary N) is 1. The summed E-state index contributed by atoms with van der Waals surface area (Å²) in [5.74, 6) is -1.57. The lowest BCUT2D eigenvalue weighted by molar-refractivity contribution is -0.153. The number of rotatable bonds is 1. The Hall–Kier alpha value is -1.50. The first-order chi connectivity index (χ1) is 7.98. The van der Waals surface area contributed by atoms with Gasteiger partial charge in [0.25, 0.3) is 5.91 Å². The summed E-state index contributed by atoms with van der Waals surface area (Å²) in [7, 11) is 0. The van der Waals surface area contributed by atoms with Gasteiger partial charge in [-0.1, -0.05) is 0 Å². The first kappa shape index (κ1) is 12.0. The van der Waals surface area contributed by atoms with Crippen LogP contribution in [0, 0.1) is 0 Å². The van der Waals surface area contributed by atoms with E-state index in [0.29, 0.717) is 26.2 Å². The van der Waals surface area contributed by atoms with Crippen molar-refractivity contribution in [3.8, 4) is 0 Å². The molecule has 0 saturated carbocycles. The molecule has 17 heavy (non-hydrogen) atoms. The van der Waals surface area contributed by atoms with Crippen molar-refractivity contribution in [3.63, 3.8) is 0 Å². The van der Waals surface area contributed by atoms with E-state index >= 15 is 0 Å². The van der Waals surface area contributed by atoms with E-state index in [1.54, 1.807) is 0 Å². The van der Waals surface area contributed by atoms with Gasteiger partial charge >= 0.3 is 6.18 Å². The van der Waals surface area contributed by atoms with E-state index in [1.165, 1.54) is 4.90 Å². The van der Waals surface area contributed by atoms with Crippen LogP contribution >= 0.6 is 0 Å². The summed E-state index contributed by atoms with van der Waals surface area (Å²) in [6.07, 6.45) is -3.70. The molecule has 0 unspecified atom stereocenters. The van der Waals surface area contributed by atoms with Crippen LogP contribution in [0.1, 0.15) is 16.1 Å². The molecule has 4 nitrogen and oxygen atoms in total. The highest BCUT2D eigenvalue weighted by atomic mass is 19.4. The van der Waals surface area contributed by atoms with Crippen LogP contribution in [-0.4, -0.2) is 37.0 Å². The summed E-state index contributed by atoms with van der Waals surface area (Å²) in [5, 5.41) is 3.05. The quantitative estimate of drug-likeness (QED) is 0.815. The number of nitrogens with zero attached hydrogens (tertiary/aromatic N) is 1. The molecule has 1 aliphatic heterocycles. The summed E-state index contributed by atoms with van der Waals surface area (Å²) in [5.41, 5.74) is -0.0563. The third-order valence-electron chi connectivity index (χ3n) is 2.53. The SMILES string of the molecule is O=C(c1coc(C(F)(F)F)c1)N1CCNCC1. The minimum absolute atomic E-state index is 0.0563. The van der Waals surface area contributed by atoms with Crippen molar-refractivity contribution in [2.24, 2.45) is 0 Å². The maximum atomic E-state index is 12.3. The van der Waals surface area contributed by atoms with Crippen LogP contribution in [0.4, 0.5) is 13.2 Å². The zero-order chi connectivity index (χ0) is 12.5. The van der Waals surface area contributed by atoms with Crippen molar-refractivity contribution in [3.05, 3.63) is 23.7 Å². The lowest BCUT2D eigenvalue weighted by Crippen LogP contribution is -2.46. The molecule has 1 aromatic heterocycles. The van der Waals surface area contributed by atoms with Gasteiger partial charge in [0, 0.05) is 32.2 Å². The molecule has 0 aliphatic carbocycles. The largest absolute Gasteiger partial charge is 0.459 e. The van der Waals surface area contributed by atoms with Gasteiger partial charge in [0.15, 0.2) is 0 Å².